The lowest BCUT2D eigenvalue weighted by Gasteiger charge is -2.41. The Kier molecular flexibility index (Phi) is 3.82. The molecule has 0 aliphatic carbocycles. The second-order valence-corrected chi connectivity index (χ2v) is 7.02. The van der Waals surface area contributed by atoms with E-state index in [9.17, 15) is 9.90 Å². The van der Waals surface area contributed by atoms with Crippen molar-refractivity contribution in [2.75, 3.05) is 0 Å². The number of hydrogen-bond donors (Lipinski definition) is 1. The molecule has 0 amide bonds. The molecule has 0 saturated heterocycles. The second kappa shape index (κ2) is 5.48. The van der Waals surface area contributed by atoms with Crippen LogP contribution in [0.1, 0.15) is 23.3 Å². The van der Waals surface area contributed by atoms with Crippen molar-refractivity contribution in [2.24, 2.45) is 5.92 Å². The van der Waals surface area contributed by atoms with Crippen molar-refractivity contribution in [2.45, 2.75) is 22.7 Å². The molecule has 0 aromatic heterocycles. The molecule has 2 nitrogen and oxygen atoms in total. The van der Waals surface area contributed by atoms with Gasteiger partial charge in [-0.15, -0.1) is 11.8 Å². The monoisotopic (exact) mass is 318 g/mol. The van der Waals surface area contributed by atoms with E-state index in [4.69, 9.17) is 11.6 Å². The van der Waals surface area contributed by atoms with Crippen LogP contribution in [0.15, 0.2) is 53.4 Å². The van der Waals surface area contributed by atoms with Crippen molar-refractivity contribution in [3.05, 3.63) is 64.7 Å². The summed E-state index contributed by atoms with van der Waals surface area (Å²) in [6, 6.07) is 15.2. The van der Waals surface area contributed by atoms with Crippen LogP contribution in [-0.2, 0) is 10.4 Å². The van der Waals surface area contributed by atoms with Gasteiger partial charge in [0.15, 0.2) is 0 Å². The lowest BCUT2D eigenvalue weighted by atomic mass is 9.79. The third-order valence-corrected chi connectivity index (χ3v) is 5.69. The minimum atomic E-state index is -1.17. The standard InChI is InChI=1S/C17H15ClO2S/c1-17(20)13-4-2-3-5-15(13)21-16(14(17)10-19)11-6-8-12(18)9-7-11/h2-10,14,16,20H,1H3/t14-,16-,17-/m1/s1. The number of fused-ring (bicyclic) bond motifs is 1. The molecule has 0 bridgehead atoms. The maximum Gasteiger partial charge on any atom is 0.127 e. The van der Waals surface area contributed by atoms with Gasteiger partial charge in [0.25, 0.3) is 0 Å². The van der Waals surface area contributed by atoms with Gasteiger partial charge < -0.3 is 9.90 Å². The number of carbonyl (C=O) groups excluding carboxylic acids is 1. The van der Waals surface area contributed by atoms with Gasteiger partial charge in [-0.25, -0.2) is 0 Å². The molecule has 1 heterocycles. The molecule has 0 radical (unpaired) electrons. The molecule has 2 aromatic carbocycles. The van der Waals surface area contributed by atoms with Crippen molar-refractivity contribution < 1.29 is 9.90 Å². The summed E-state index contributed by atoms with van der Waals surface area (Å²) in [5.41, 5.74) is 0.641. The molecule has 108 valence electrons. The average Bonchev–Trinajstić information content (AvgIpc) is 2.47. The molecule has 0 fully saturated rings. The quantitative estimate of drug-likeness (QED) is 0.843. The van der Waals surface area contributed by atoms with Gasteiger partial charge >= 0.3 is 0 Å². The molecule has 1 aliphatic heterocycles. The van der Waals surface area contributed by atoms with Gasteiger partial charge in [0, 0.05) is 15.2 Å². The summed E-state index contributed by atoms with van der Waals surface area (Å²) >= 11 is 7.55. The number of aldehydes is 1. The first-order valence-corrected chi connectivity index (χ1v) is 7.99. The highest BCUT2D eigenvalue weighted by atomic mass is 35.5. The summed E-state index contributed by atoms with van der Waals surface area (Å²) in [4.78, 5) is 12.7. The summed E-state index contributed by atoms with van der Waals surface area (Å²) in [6.45, 7) is 1.72. The normalized spacial score (nSPS) is 28.0. The Morgan fingerprint density at radius 1 is 1.19 bits per heavy atom. The van der Waals surface area contributed by atoms with Crippen molar-refractivity contribution >= 4 is 29.6 Å². The zero-order chi connectivity index (χ0) is 15.0. The van der Waals surface area contributed by atoms with Gasteiger partial charge in [-0.3, -0.25) is 0 Å². The Balaban J connectivity index is 2.10. The first kappa shape index (κ1) is 14.6. The first-order valence-electron chi connectivity index (χ1n) is 6.73. The van der Waals surface area contributed by atoms with Crippen LogP contribution in [0.2, 0.25) is 5.02 Å². The van der Waals surface area contributed by atoms with Gasteiger partial charge in [0.05, 0.1) is 11.5 Å². The minimum Gasteiger partial charge on any atom is -0.385 e. The summed E-state index contributed by atoms with van der Waals surface area (Å²) in [5.74, 6) is -0.501. The fraction of sp³-hybridized carbons (Fsp3) is 0.235. The summed E-state index contributed by atoms with van der Waals surface area (Å²) < 4.78 is 0. The predicted molar refractivity (Wildman–Crippen MR) is 85.6 cm³/mol. The Hall–Kier alpha value is -1.29. The van der Waals surface area contributed by atoms with Gasteiger partial charge in [-0.2, -0.15) is 0 Å². The Bertz CT molecular complexity index is 667. The predicted octanol–water partition coefficient (Wildman–Crippen LogP) is 4.21. The molecule has 0 saturated carbocycles. The number of aliphatic hydroxyl groups is 1. The van der Waals surface area contributed by atoms with E-state index in [0.29, 0.717) is 5.02 Å². The first-order chi connectivity index (χ1) is 10.0. The molecule has 3 atom stereocenters. The molecule has 3 rings (SSSR count). The van der Waals surface area contributed by atoms with Crippen LogP contribution in [0, 0.1) is 5.92 Å². The Labute approximate surface area is 133 Å². The summed E-state index contributed by atoms with van der Waals surface area (Å²) in [6.07, 6.45) is 0.863. The molecular weight excluding hydrogens is 304 g/mol. The fourth-order valence-electron chi connectivity index (χ4n) is 2.80. The second-order valence-electron chi connectivity index (χ2n) is 5.40. The highest BCUT2D eigenvalue weighted by Gasteiger charge is 2.45. The molecule has 0 spiro atoms. The van der Waals surface area contributed by atoms with E-state index in [1.807, 2.05) is 48.5 Å². The highest BCUT2D eigenvalue weighted by molar-refractivity contribution is 7.99. The lowest BCUT2D eigenvalue weighted by Crippen LogP contribution is -2.39. The van der Waals surface area contributed by atoms with Crippen LogP contribution in [0.4, 0.5) is 0 Å². The largest absolute Gasteiger partial charge is 0.385 e. The van der Waals surface area contributed by atoms with E-state index in [1.165, 1.54) is 0 Å². The van der Waals surface area contributed by atoms with Crippen LogP contribution in [0.3, 0.4) is 0 Å². The van der Waals surface area contributed by atoms with E-state index < -0.39 is 11.5 Å². The number of carbonyl (C=O) groups is 1. The fourth-order valence-corrected chi connectivity index (χ4v) is 4.53. The van der Waals surface area contributed by atoms with E-state index >= 15 is 0 Å². The zero-order valence-corrected chi connectivity index (χ0v) is 13.1. The third kappa shape index (κ3) is 2.50. The Morgan fingerprint density at radius 3 is 2.52 bits per heavy atom. The highest BCUT2D eigenvalue weighted by Crippen LogP contribution is 2.54. The van der Waals surface area contributed by atoms with Gasteiger partial charge in [-0.1, -0.05) is 41.9 Å². The smallest absolute Gasteiger partial charge is 0.127 e. The maximum atomic E-state index is 11.6. The van der Waals surface area contributed by atoms with Gasteiger partial charge in [0.1, 0.15) is 6.29 Å². The molecule has 4 heteroatoms. The lowest BCUT2D eigenvalue weighted by molar-refractivity contribution is -0.120. The number of hydrogen-bond acceptors (Lipinski definition) is 3. The molecule has 1 N–H and O–H groups in total. The van der Waals surface area contributed by atoms with Crippen molar-refractivity contribution in [3.63, 3.8) is 0 Å². The van der Waals surface area contributed by atoms with E-state index in [-0.39, 0.29) is 5.25 Å². The van der Waals surface area contributed by atoms with Crippen molar-refractivity contribution in [1.29, 1.82) is 0 Å². The topological polar surface area (TPSA) is 37.3 Å². The zero-order valence-electron chi connectivity index (χ0n) is 11.5. The maximum absolute atomic E-state index is 11.6. The summed E-state index contributed by atoms with van der Waals surface area (Å²) in [7, 11) is 0. The van der Waals surface area contributed by atoms with Crippen LogP contribution in [-0.4, -0.2) is 11.4 Å². The van der Waals surface area contributed by atoms with Crippen LogP contribution in [0.25, 0.3) is 0 Å². The summed E-state index contributed by atoms with van der Waals surface area (Å²) in [5, 5.41) is 11.4. The van der Waals surface area contributed by atoms with Gasteiger partial charge in [-0.05, 0) is 36.2 Å². The van der Waals surface area contributed by atoms with Crippen LogP contribution < -0.4 is 0 Å². The number of rotatable bonds is 2. The molecule has 1 aliphatic rings. The van der Waals surface area contributed by atoms with Crippen molar-refractivity contribution in [3.8, 4) is 0 Å². The Morgan fingerprint density at radius 2 is 1.86 bits per heavy atom. The average molecular weight is 319 g/mol. The van der Waals surface area contributed by atoms with Crippen molar-refractivity contribution in [1.82, 2.24) is 0 Å². The number of thioether (sulfide) groups is 1. The minimum absolute atomic E-state index is 0.121. The number of halogens is 1. The van der Waals surface area contributed by atoms with E-state index in [2.05, 4.69) is 0 Å². The number of benzene rings is 2. The third-order valence-electron chi connectivity index (χ3n) is 4.01. The van der Waals surface area contributed by atoms with Crippen LogP contribution in [0.5, 0.6) is 0 Å². The SMILES string of the molecule is C[C@@]1(O)c2ccccc2S[C@H](c2ccc(Cl)cc2)[C@H]1C=O. The van der Waals surface area contributed by atoms with Gasteiger partial charge in [0.2, 0.25) is 0 Å². The molecule has 2 aromatic rings. The van der Waals surface area contributed by atoms with E-state index in [0.717, 1.165) is 22.3 Å². The molecule has 21 heavy (non-hydrogen) atoms. The molecular formula is C17H15ClO2S. The van der Waals surface area contributed by atoms with E-state index in [1.54, 1.807) is 18.7 Å². The van der Waals surface area contributed by atoms with Crippen LogP contribution >= 0.6 is 23.4 Å². The molecule has 0 unspecified atom stereocenters.